The molecule has 2 atom stereocenters. The highest BCUT2D eigenvalue weighted by atomic mass is 32.2. The van der Waals surface area contributed by atoms with Crippen molar-refractivity contribution in [1.29, 1.82) is 0 Å². The third-order valence-electron chi connectivity index (χ3n) is 3.58. The van der Waals surface area contributed by atoms with Crippen LogP contribution in [0.1, 0.15) is 32.1 Å². The van der Waals surface area contributed by atoms with Crippen molar-refractivity contribution in [3.63, 3.8) is 0 Å². The van der Waals surface area contributed by atoms with Gasteiger partial charge in [0.05, 0.1) is 12.0 Å². The molecule has 0 unspecified atom stereocenters. The van der Waals surface area contributed by atoms with E-state index in [0.717, 1.165) is 36.7 Å². The van der Waals surface area contributed by atoms with Crippen molar-refractivity contribution in [3.05, 3.63) is 0 Å². The zero-order chi connectivity index (χ0) is 10.3. The molecule has 3 aliphatic rings. The average Bonchev–Trinajstić information content (AvgIpc) is 2.30. The summed E-state index contributed by atoms with van der Waals surface area (Å²) < 4.78 is 0. The highest BCUT2D eigenvalue weighted by Crippen LogP contribution is 2.35. The lowest BCUT2D eigenvalue weighted by molar-refractivity contribution is -0.133. The molecule has 2 fully saturated rings. The molecule has 82 valence electrons. The summed E-state index contributed by atoms with van der Waals surface area (Å²) in [6.07, 6.45) is 5.75. The van der Waals surface area contributed by atoms with Crippen molar-refractivity contribution >= 4 is 22.8 Å². The van der Waals surface area contributed by atoms with Crippen molar-refractivity contribution in [3.8, 4) is 0 Å². The second kappa shape index (κ2) is 3.81. The van der Waals surface area contributed by atoms with Gasteiger partial charge in [-0.05, 0) is 19.3 Å². The van der Waals surface area contributed by atoms with E-state index in [1.165, 1.54) is 12.8 Å². The fraction of sp³-hybridized carbons (Fsp3) is 0.818. The number of hydrogen-bond donors (Lipinski definition) is 0. The molecular formula is C11H16N2OS. The average molecular weight is 224 g/mol. The number of rotatable bonds is 0. The molecule has 0 radical (unpaired) electrons. The van der Waals surface area contributed by atoms with E-state index in [0.29, 0.717) is 11.9 Å². The Hall–Kier alpha value is -0.510. The maximum absolute atomic E-state index is 12.2. The van der Waals surface area contributed by atoms with Gasteiger partial charge >= 0.3 is 0 Å². The number of thioether (sulfide) groups is 1. The summed E-state index contributed by atoms with van der Waals surface area (Å²) in [5, 5.41) is 1.01. The van der Waals surface area contributed by atoms with E-state index in [1.807, 2.05) is 4.90 Å². The van der Waals surface area contributed by atoms with E-state index in [4.69, 9.17) is 4.99 Å². The Morgan fingerprint density at radius 2 is 2.13 bits per heavy atom. The van der Waals surface area contributed by atoms with Crippen molar-refractivity contribution in [2.75, 3.05) is 12.3 Å². The van der Waals surface area contributed by atoms with Crippen LogP contribution in [0.3, 0.4) is 0 Å². The highest BCUT2D eigenvalue weighted by Gasteiger charge is 2.40. The molecule has 2 heterocycles. The van der Waals surface area contributed by atoms with Gasteiger partial charge in [0.25, 0.3) is 0 Å². The van der Waals surface area contributed by atoms with Crippen LogP contribution in [0.25, 0.3) is 0 Å². The molecule has 2 aliphatic heterocycles. The van der Waals surface area contributed by atoms with Gasteiger partial charge in [0, 0.05) is 12.3 Å². The molecule has 1 amide bonds. The van der Waals surface area contributed by atoms with E-state index in [-0.39, 0.29) is 5.92 Å². The Morgan fingerprint density at radius 3 is 3.07 bits per heavy atom. The van der Waals surface area contributed by atoms with E-state index in [1.54, 1.807) is 11.8 Å². The summed E-state index contributed by atoms with van der Waals surface area (Å²) in [4.78, 5) is 18.9. The van der Waals surface area contributed by atoms with Gasteiger partial charge in [-0.25, -0.2) is 0 Å². The van der Waals surface area contributed by atoms with Gasteiger partial charge in [0.1, 0.15) is 0 Å². The van der Waals surface area contributed by atoms with Crippen LogP contribution in [0.15, 0.2) is 4.99 Å². The molecule has 1 saturated carbocycles. The first-order chi connectivity index (χ1) is 7.36. The first-order valence-corrected chi connectivity index (χ1v) is 6.87. The minimum Gasteiger partial charge on any atom is -0.291 e. The van der Waals surface area contributed by atoms with Crippen LogP contribution in [0.5, 0.6) is 0 Å². The van der Waals surface area contributed by atoms with Gasteiger partial charge in [-0.15, -0.1) is 0 Å². The number of amidine groups is 1. The number of carbonyl (C=O) groups excluding carboxylic acids is 1. The summed E-state index contributed by atoms with van der Waals surface area (Å²) >= 11 is 1.76. The molecule has 0 aromatic carbocycles. The van der Waals surface area contributed by atoms with Crippen LogP contribution in [-0.2, 0) is 4.79 Å². The van der Waals surface area contributed by atoms with E-state index in [2.05, 4.69) is 0 Å². The van der Waals surface area contributed by atoms with Gasteiger partial charge in [-0.2, -0.15) is 0 Å². The fourth-order valence-electron chi connectivity index (χ4n) is 2.77. The predicted molar refractivity (Wildman–Crippen MR) is 62.0 cm³/mol. The van der Waals surface area contributed by atoms with Crippen molar-refractivity contribution < 1.29 is 4.79 Å². The smallest absolute Gasteiger partial charge is 0.233 e. The van der Waals surface area contributed by atoms with Crippen molar-refractivity contribution in [2.45, 2.75) is 38.1 Å². The minimum absolute atomic E-state index is 0.209. The molecule has 15 heavy (non-hydrogen) atoms. The van der Waals surface area contributed by atoms with Gasteiger partial charge in [0.2, 0.25) is 5.91 Å². The molecule has 1 saturated heterocycles. The summed E-state index contributed by atoms with van der Waals surface area (Å²) in [5.41, 5.74) is 0. The van der Waals surface area contributed by atoms with Crippen LogP contribution >= 0.6 is 11.8 Å². The van der Waals surface area contributed by atoms with Crippen LogP contribution < -0.4 is 0 Å². The number of nitrogens with zero attached hydrogens (tertiary/aromatic N) is 2. The number of hydrogen-bond acceptors (Lipinski definition) is 3. The maximum Gasteiger partial charge on any atom is 0.233 e. The number of amides is 1. The molecule has 0 spiro atoms. The quantitative estimate of drug-likeness (QED) is 0.629. The largest absolute Gasteiger partial charge is 0.291 e. The Kier molecular flexibility index (Phi) is 2.47. The van der Waals surface area contributed by atoms with Gasteiger partial charge in [-0.1, -0.05) is 24.6 Å². The van der Waals surface area contributed by atoms with E-state index >= 15 is 0 Å². The molecular weight excluding hydrogens is 208 g/mol. The lowest BCUT2D eigenvalue weighted by Gasteiger charge is -2.40. The Bertz CT molecular complexity index is 316. The summed E-state index contributed by atoms with van der Waals surface area (Å²) in [5.74, 6) is 1.69. The topological polar surface area (TPSA) is 32.7 Å². The summed E-state index contributed by atoms with van der Waals surface area (Å²) in [6, 6.07) is 0.308. The molecule has 1 aliphatic carbocycles. The standard InChI is InChI=1S/C11H16N2OS/c14-10-8-4-1-2-5-9(8)12-11-13(10)6-3-7-15-11/h8-9H,1-7H2/t8-,9+/m1/s1. The molecule has 0 aromatic rings. The monoisotopic (exact) mass is 224 g/mol. The van der Waals surface area contributed by atoms with Crippen molar-refractivity contribution in [2.24, 2.45) is 10.9 Å². The van der Waals surface area contributed by atoms with Gasteiger partial charge < -0.3 is 0 Å². The molecule has 0 N–H and O–H groups in total. The Labute approximate surface area is 94.3 Å². The first-order valence-electron chi connectivity index (χ1n) is 5.88. The zero-order valence-electron chi connectivity index (χ0n) is 8.82. The molecule has 0 bridgehead atoms. The van der Waals surface area contributed by atoms with Crippen LogP contribution in [0.4, 0.5) is 0 Å². The SMILES string of the molecule is O=C1[C@@H]2CCCC[C@@H]2N=C2SCCCN12. The van der Waals surface area contributed by atoms with E-state index in [9.17, 15) is 4.79 Å². The van der Waals surface area contributed by atoms with Gasteiger partial charge in [-0.3, -0.25) is 14.7 Å². The number of carbonyl (C=O) groups is 1. The lowest BCUT2D eigenvalue weighted by Crippen LogP contribution is -2.50. The van der Waals surface area contributed by atoms with E-state index < -0.39 is 0 Å². The molecule has 3 rings (SSSR count). The predicted octanol–water partition coefficient (Wildman–Crippen LogP) is 1.88. The number of aliphatic imine (C=N–C) groups is 1. The Morgan fingerprint density at radius 1 is 1.27 bits per heavy atom. The van der Waals surface area contributed by atoms with Crippen LogP contribution in [0.2, 0.25) is 0 Å². The first kappa shape index (κ1) is 9.70. The highest BCUT2D eigenvalue weighted by molar-refractivity contribution is 8.13. The second-order valence-corrected chi connectivity index (χ2v) is 5.62. The number of fused-ring (bicyclic) bond motifs is 2. The van der Waals surface area contributed by atoms with Gasteiger partial charge in [0.15, 0.2) is 5.17 Å². The zero-order valence-corrected chi connectivity index (χ0v) is 9.63. The van der Waals surface area contributed by atoms with Crippen LogP contribution in [-0.4, -0.2) is 34.3 Å². The third kappa shape index (κ3) is 1.59. The van der Waals surface area contributed by atoms with Crippen molar-refractivity contribution in [1.82, 2.24) is 4.90 Å². The molecule has 3 nitrogen and oxygen atoms in total. The summed E-state index contributed by atoms with van der Waals surface area (Å²) in [7, 11) is 0. The third-order valence-corrected chi connectivity index (χ3v) is 4.65. The molecule has 4 heteroatoms. The Balaban J connectivity index is 1.90. The van der Waals surface area contributed by atoms with Crippen LogP contribution in [0, 0.1) is 5.92 Å². The second-order valence-electron chi connectivity index (χ2n) is 4.56. The normalized spacial score (nSPS) is 35.6. The summed E-state index contributed by atoms with van der Waals surface area (Å²) in [6.45, 7) is 0.897. The maximum atomic E-state index is 12.2. The molecule has 0 aromatic heterocycles. The lowest BCUT2D eigenvalue weighted by atomic mass is 9.83. The minimum atomic E-state index is 0.209. The fourth-order valence-corrected chi connectivity index (χ4v) is 3.77.